The number of oxazole rings is 1. The first-order valence-electron chi connectivity index (χ1n) is 16.0. The van der Waals surface area contributed by atoms with E-state index in [4.69, 9.17) is 9.40 Å². The molecule has 0 saturated heterocycles. The molecule has 3 heterocycles. The largest absolute Gasteiger partial charge is 0.435 e. The number of fused-ring (bicyclic) bond motifs is 9. The van der Waals surface area contributed by atoms with E-state index in [1.54, 1.807) is 0 Å². The van der Waals surface area contributed by atoms with Crippen molar-refractivity contribution in [1.82, 2.24) is 14.1 Å². The van der Waals surface area contributed by atoms with Gasteiger partial charge in [-0.15, -0.1) is 0 Å². The van der Waals surface area contributed by atoms with Crippen molar-refractivity contribution in [2.24, 2.45) is 0 Å². The maximum atomic E-state index is 6.56. The summed E-state index contributed by atoms with van der Waals surface area (Å²) < 4.78 is 11.4. The average molecular weight is 600 g/mol. The van der Waals surface area contributed by atoms with Crippen LogP contribution in [0.4, 0.5) is 0 Å². The van der Waals surface area contributed by atoms with Crippen LogP contribution < -0.4 is 0 Å². The van der Waals surface area contributed by atoms with Crippen molar-refractivity contribution in [3.8, 4) is 45.4 Å². The lowest BCUT2D eigenvalue weighted by Gasteiger charge is -2.12. The quantitative estimate of drug-likeness (QED) is 0.203. The van der Waals surface area contributed by atoms with Crippen LogP contribution in [0.2, 0.25) is 0 Å². The number of benzene rings is 7. The van der Waals surface area contributed by atoms with Crippen molar-refractivity contribution in [3.63, 3.8) is 0 Å². The van der Waals surface area contributed by atoms with Gasteiger partial charge in [0.1, 0.15) is 5.69 Å². The summed E-state index contributed by atoms with van der Waals surface area (Å²) in [6.07, 6.45) is 0. The summed E-state index contributed by atoms with van der Waals surface area (Å²) in [5.74, 6) is 1.49. The minimum atomic E-state index is 0.650. The van der Waals surface area contributed by atoms with Gasteiger partial charge in [0, 0.05) is 55.0 Å². The molecule has 0 unspecified atom stereocenters. The molecule has 218 valence electrons. The molecule has 0 fully saturated rings. The lowest BCUT2D eigenvalue weighted by Crippen LogP contribution is -1.96. The molecule has 3 aromatic heterocycles. The number of para-hydroxylation sites is 3. The second kappa shape index (κ2) is 9.09. The normalized spacial score (nSPS) is 12.3. The van der Waals surface area contributed by atoms with E-state index < -0.39 is 0 Å². The Morgan fingerprint density at radius 1 is 0.447 bits per heavy atom. The molecule has 0 aliphatic heterocycles. The Labute approximate surface area is 269 Å². The summed E-state index contributed by atoms with van der Waals surface area (Å²) >= 11 is 0. The highest BCUT2D eigenvalue weighted by molar-refractivity contribution is 6.20. The van der Waals surface area contributed by atoms with Gasteiger partial charge in [-0.1, -0.05) is 91.0 Å². The first-order chi connectivity index (χ1) is 23.3. The van der Waals surface area contributed by atoms with Crippen molar-refractivity contribution < 1.29 is 4.42 Å². The molecule has 10 aromatic rings. The molecular formula is C43H25N3O. The maximum absolute atomic E-state index is 6.56. The summed E-state index contributed by atoms with van der Waals surface area (Å²) in [6, 6.07) is 54.2. The minimum Gasteiger partial charge on any atom is -0.435 e. The van der Waals surface area contributed by atoms with Crippen molar-refractivity contribution in [2.45, 2.75) is 0 Å². The predicted octanol–water partition coefficient (Wildman–Crippen LogP) is 11.3. The zero-order chi connectivity index (χ0) is 30.6. The number of hydrogen-bond acceptors (Lipinski definition) is 2. The molecule has 1 aliphatic rings. The van der Waals surface area contributed by atoms with Crippen LogP contribution >= 0.6 is 0 Å². The third-order valence-corrected chi connectivity index (χ3v) is 9.85. The third-order valence-electron chi connectivity index (χ3n) is 9.85. The standard InChI is InChI=1S/C43H25N3O/c1-3-12-26(13-4-1)43-44-41-32-19-11-14-27-22-29(23-35(40(27)32)42(41)47-43)46-37-21-10-8-18-31(37)34-24-33-30-17-7-9-20-36(30)45(38(33)25-39(34)46)28-15-5-2-6-16-28/h1-25H. The molecule has 47 heavy (non-hydrogen) atoms. The Balaban J connectivity index is 1.23. The summed E-state index contributed by atoms with van der Waals surface area (Å²) in [6.45, 7) is 0. The lowest BCUT2D eigenvalue weighted by molar-refractivity contribution is 0.590. The topological polar surface area (TPSA) is 35.9 Å². The van der Waals surface area contributed by atoms with Crippen molar-refractivity contribution >= 4 is 54.4 Å². The van der Waals surface area contributed by atoms with Crippen molar-refractivity contribution in [2.75, 3.05) is 0 Å². The second-order valence-electron chi connectivity index (χ2n) is 12.4. The predicted molar refractivity (Wildman–Crippen MR) is 193 cm³/mol. The van der Waals surface area contributed by atoms with Crippen LogP contribution in [0, 0.1) is 0 Å². The first-order valence-corrected chi connectivity index (χ1v) is 16.0. The molecule has 11 rings (SSSR count). The van der Waals surface area contributed by atoms with Crippen molar-refractivity contribution in [3.05, 3.63) is 152 Å². The second-order valence-corrected chi connectivity index (χ2v) is 12.4. The molecule has 7 aromatic carbocycles. The van der Waals surface area contributed by atoms with E-state index in [0.717, 1.165) is 39.5 Å². The molecule has 0 amide bonds. The molecule has 0 bridgehead atoms. The number of hydrogen-bond donors (Lipinski definition) is 0. The SMILES string of the molecule is c1ccc(-c2nc3c(o2)-c2cc(-n4c5ccccc5c5cc6c7ccccc7n(-c7ccccc7)c6cc54)cc4cccc-3c24)cc1. The summed E-state index contributed by atoms with van der Waals surface area (Å²) in [7, 11) is 0. The monoisotopic (exact) mass is 599 g/mol. The summed E-state index contributed by atoms with van der Waals surface area (Å²) in [5, 5.41) is 7.35. The van der Waals surface area contributed by atoms with E-state index in [1.807, 2.05) is 30.3 Å². The Morgan fingerprint density at radius 2 is 1.09 bits per heavy atom. The van der Waals surface area contributed by atoms with Gasteiger partial charge in [-0.25, -0.2) is 4.98 Å². The molecule has 0 radical (unpaired) electrons. The van der Waals surface area contributed by atoms with Crippen LogP contribution in [0.25, 0.3) is 99.8 Å². The van der Waals surface area contributed by atoms with Gasteiger partial charge in [0.05, 0.1) is 22.1 Å². The van der Waals surface area contributed by atoms with Crippen molar-refractivity contribution in [1.29, 1.82) is 0 Å². The van der Waals surface area contributed by atoms with Gasteiger partial charge < -0.3 is 13.6 Å². The molecule has 0 N–H and O–H groups in total. The highest BCUT2D eigenvalue weighted by Gasteiger charge is 2.29. The van der Waals surface area contributed by atoms with Crippen LogP contribution in [0.3, 0.4) is 0 Å². The highest BCUT2D eigenvalue weighted by atomic mass is 16.4. The van der Waals surface area contributed by atoms with E-state index in [2.05, 4.69) is 130 Å². The van der Waals surface area contributed by atoms with Gasteiger partial charge in [0.25, 0.3) is 0 Å². The molecule has 4 nitrogen and oxygen atoms in total. The minimum absolute atomic E-state index is 0.650. The fourth-order valence-electron chi connectivity index (χ4n) is 7.87. The van der Waals surface area contributed by atoms with Gasteiger partial charge in [0.2, 0.25) is 5.89 Å². The van der Waals surface area contributed by atoms with Gasteiger partial charge in [-0.2, -0.15) is 0 Å². The smallest absolute Gasteiger partial charge is 0.227 e. The van der Waals surface area contributed by atoms with Gasteiger partial charge >= 0.3 is 0 Å². The van der Waals surface area contributed by atoms with Gasteiger partial charge in [-0.3, -0.25) is 0 Å². The molecule has 0 saturated carbocycles. The molecule has 0 atom stereocenters. The fraction of sp³-hybridized carbons (Fsp3) is 0. The van der Waals surface area contributed by atoms with Gasteiger partial charge in [0.15, 0.2) is 5.76 Å². The summed E-state index contributed by atoms with van der Waals surface area (Å²) in [5.41, 5.74) is 11.1. The maximum Gasteiger partial charge on any atom is 0.227 e. The Kier molecular flexibility index (Phi) is 4.81. The lowest BCUT2D eigenvalue weighted by atomic mass is 10.0. The van der Waals surface area contributed by atoms with Gasteiger partial charge in [-0.05, 0) is 66.0 Å². The first kappa shape index (κ1) is 24.9. The summed E-state index contributed by atoms with van der Waals surface area (Å²) in [4.78, 5) is 5.01. The van der Waals surface area contributed by atoms with E-state index in [-0.39, 0.29) is 0 Å². The fourth-order valence-corrected chi connectivity index (χ4v) is 7.87. The number of rotatable bonds is 3. The number of aromatic nitrogens is 3. The zero-order valence-corrected chi connectivity index (χ0v) is 25.2. The van der Waals surface area contributed by atoms with E-state index in [1.165, 1.54) is 54.4 Å². The van der Waals surface area contributed by atoms with Crippen LogP contribution in [0.5, 0.6) is 0 Å². The number of nitrogens with zero attached hydrogens (tertiary/aromatic N) is 3. The van der Waals surface area contributed by atoms with Crippen LogP contribution in [-0.4, -0.2) is 14.1 Å². The van der Waals surface area contributed by atoms with Crippen LogP contribution in [-0.2, 0) is 0 Å². The Morgan fingerprint density at radius 3 is 1.81 bits per heavy atom. The third kappa shape index (κ3) is 3.34. The Bertz CT molecular complexity index is 2890. The average Bonchev–Trinajstić information content (AvgIpc) is 3.87. The van der Waals surface area contributed by atoms with E-state index in [0.29, 0.717) is 5.89 Å². The van der Waals surface area contributed by atoms with E-state index in [9.17, 15) is 0 Å². The molecule has 1 aliphatic carbocycles. The molecule has 4 heteroatoms. The molecule has 0 spiro atoms. The zero-order valence-electron chi connectivity index (χ0n) is 25.2. The van der Waals surface area contributed by atoms with Crippen LogP contribution in [0.15, 0.2) is 156 Å². The Hall–Kier alpha value is -6.39. The van der Waals surface area contributed by atoms with E-state index >= 15 is 0 Å². The molecular weight excluding hydrogens is 574 g/mol. The van der Waals surface area contributed by atoms with Crippen LogP contribution in [0.1, 0.15) is 0 Å². The highest BCUT2D eigenvalue weighted by Crippen LogP contribution is 2.50.